The molecule has 0 bridgehead atoms. The molecule has 2 heterocycles. The molecule has 1 aliphatic rings. The summed E-state index contributed by atoms with van der Waals surface area (Å²) in [6.45, 7) is 6.51. The summed E-state index contributed by atoms with van der Waals surface area (Å²) in [5.74, 6) is 2.60. The SMILES string of the molecule is Cc1cc(C)nc(N/C(=N/C(=S)Nc2ccc(Oc3ccccc3)cc2)N2CCOCC2)n1. The summed E-state index contributed by atoms with van der Waals surface area (Å²) < 4.78 is 11.3. The number of nitrogens with one attached hydrogen (secondary N) is 2. The summed E-state index contributed by atoms with van der Waals surface area (Å²) >= 11 is 5.52. The number of thiocarbonyl (C=S) groups is 1. The van der Waals surface area contributed by atoms with Crippen LogP contribution in [0.25, 0.3) is 0 Å². The Kier molecular flexibility index (Phi) is 7.43. The minimum atomic E-state index is 0.324. The summed E-state index contributed by atoms with van der Waals surface area (Å²) in [6.07, 6.45) is 0. The van der Waals surface area contributed by atoms with Gasteiger partial charge in [0, 0.05) is 30.2 Å². The summed E-state index contributed by atoms with van der Waals surface area (Å²) in [5, 5.41) is 6.72. The van der Waals surface area contributed by atoms with E-state index in [2.05, 4.69) is 30.5 Å². The van der Waals surface area contributed by atoms with Gasteiger partial charge in [-0.3, -0.25) is 5.32 Å². The lowest BCUT2D eigenvalue weighted by Crippen LogP contribution is -2.45. The lowest BCUT2D eigenvalue weighted by Gasteiger charge is -2.29. The molecule has 0 unspecified atom stereocenters. The van der Waals surface area contributed by atoms with Crippen molar-refractivity contribution in [2.24, 2.45) is 4.99 Å². The molecule has 1 saturated heterocycles. The van der Waals surface area contributed by atoms with Crippen molar-refractivity contribution in [1.82, 2.24) is 14.9 Å². The van der Waals surface area contributed by atoms with Gasteiger partial charge in [0.1, 0.15) is 11.5 Å². The average Bonchev–Trinajstić information content (AvgIpc) is 2.80. The highest BCUT2D eigenvalue weighted by molar-refractivity contribution is 7.80. The number of aromatic nitrogens is 2. The molecule has 33 heavy (non-hydrogen) atoms. The molecule has 170 valence electrons. The fraction of sp³-hybridized carbons (Fsp3) is 0.250. The number of benzene rings is 2. The Morgan fingerprint density at radius 1 is 0.939 bits per heavy atom. The first kappa shape index (κ1) is 22.6. The van der Waals surface area contributed by atoms with Crippen molar-refractivity contribution in [3.63, 3.8) is 0 Å². The van der Waals surface area contributed by atoms with Crippen LogP contribution in [0.5, 0.6) is 11.5 Å². The number of rotatable bonds is 4. The van der Waals surface area contributed by atoms with Crippen molar-refractivity contribution >= 4 is 34.9 Å². The van der Waals surface area contributed by atoms with Crippen molar-refractivity contribution in [3.8, 4) is 11.5 Å². The van der Waals surface area contributed by atoms with Gasteiger partial charge in [0.2, 0.25) is 17.0 Å². The van der Waals surface area contributed by atoms with Gasteiger partial charge in [0.25, 0.3) is 0 Å². The number of guanidine groups is 1. The largest absolute Gasteiger partial charge is 0.457 e. The van der Waals surface area contributed by atoms with E-state index in [9.17, 15) is 0 Å². The number of hydrogen-bond donors (Lipinski definition) is 2. The van der Waals surface area contributed by atoms with Crippen LogP contribution in [0, 0.1) is 13.8 Å². The maximum atomic E-state index is 5.84. The third-order valence-electron chi connectivity index (χ3n) is 4.81. The van der Waals surface area contributed by atoms with Gasteiger partial charge in [-0.15, -0.1) is 0 Å². The zero-order chi connectivity index (χ0) is 23.0. The zero-order valence-corrected chi connectivity index (χ0v) is 19.4. The third kappa shape index (κ3) is 6.71. The van der Waals surface area contributed by atoms with Crippen LogP contribution in [-0.4, -0.2) is 52.2 Å². The van der Waals surface area contributed by atoms with Gasteiger partial charge < -0.3 is 19.7 Å². The van der Waals surface area contributed by atoms with Crippen molar-refractivity contribution in [2.75, 3.05) is 36.9 Å². The molecular weight excluding hydrogens is 436 g/mol. The van der Waals surface area contributed by atoms with Crippen LogP contribution >= 0.6 is 12.2 Å². The first-order chi connectivity index (χ1) is 16.0. The van der Waals surface area contributed by atoms with Crippen LogP contribution in [-0.2, 0) is 4.74 Å². The maximum absolute atomic E-state index is 5.84. The maximum Gasteiger partial charge on any atom is 0.229 e. The second kappa shape index (κ2) is 10.8. The highest BCUT2D eigenvalue weighted by Gasteiger charge is 2.17. The molecular formula is C24H26N6O2S. The number of morpholine rings is 1. The predicted molar refractivity (Wildman–Crippen MR) is 134 cm³/mol. The lowest BCUT2D eigenvalue weighted by molar-refractivity contribution is 0.0680. The van der Waals surface area contributed by atoms with E-state index in [-0.39, 0.29) is 0 Å². The van der Waals surface area contributed by atoms with E-state index in [0.29, 0.717) is 43.3 Å². The minimum absolute atomic E-state index is 0.324. The van der Waals surface area contributed by atoms with Gasteiger partial charge in [0.05, 0.1) is 13.2 Å². The van der Waals surface area contributed by atoms with E-state index in [1.165, 1.54) is 0 Å². The monoisotopic (exact) mass is 462 g/mol. The van der Waals surface area contributed by atoms with Gasteiger partial charge in [0.15, 0.2) is 0 Å². The topological polar surface area (TPSA) is 83.9 Å². The Bertz CT molecular complexity index is 1100. The number of nitrogens with zero attached hydrogens (tertiary/aromatic N) is 4. The van der Waals surface area contributed by atoms with E-state index in [0.717, 1.165) is 28.6 Å². The molecule has 4 rings (SSSR count). The summed E-state index contributed by atoms with van der Waals surface area (Å²) in [4.78, 5) is 15.6. The molecule has 2 N–H and O–H groups in total. The number of para-hydroxylation sites is 1. The van der Waals surface area contributed by atoms with Crippen LogP contribution in [0.3, 0.4) is 0 Å². The van der Waals surface area contributed by atoms with Gasteiger partial charge in [-0.2, -0.15) is 4.99 Å². The molecule has 9 heteroatoms. The van der Waals surface area contributed by atoms with Gasteiger partial charge >= 0.3 is 0 Å². The summed E-state index contributed by atoms with van der Waals surface area (Å²) in [5.41, 5.74) is 2.57. The summed E-state index contributed by atoms with van der Waals surface area (Å²) in [7, 11) is 0. The number of ether oxygens (including phenoxy) is 2. The molecule has 0 saturated carbocycles. The molecule has 1 aliphatic heterocycles. The zero-order valence-electron chi connectivity index (χ0n) is 18.6. The smallest absolute Gasteiger partial charge is 0.229 e. The van der Waals surface area contributed by atoms with Crippen LogP contribution in [0.1, 0.15) is 11.4 Å². The van der Waals surface area contributed by atoms with Crippen molar-refractivity contribution in [1.29, 1.82) is 0 Å². The number of anilines is 2. The van der Waals surface area contributed by atoms with Crippen LogP contribution in [0.15, 0.2) is 65.7 Å². The van der Waals surface area contributed by atoms with Gasteiger partial charge in [-0.1, -0.05) is 18.2 Å². The first-order valence-corrected chi connectivity index (χ1v) is 11.1. The fourth-order valence-electron chi connectivity index (χ4n) is 3.31. The second-order valence-corrected chi connectivity index (χ2v) is 7.89. The molecule has 8 nitrogen and oxygen atoms in total. The number of hydrogen-bond acceptors (Lipinski definition) is 5. The quantitative estimate of drug-likeness (QED) is 0.336. The average molecular weight is 463 g/mol. The molecule has 0 amide bonds. The molecule has 3 aromatic rings. The van der Waals surface area contributed by atoms with E-state index in [4.69, 9.17) is 21.7 Å². The highest BCUT2D eigenvalue weighted by atomic mass is 32.1. The predicted octanol–water partition coefficient (Wildman–Crippen LogP) is 4.38. The molecule has 1 fully saturated rings. The Labute approximate surface area is 198 Å². The fourth-order valence-corrected chi connectivity index (χ4v) is 3.52. The van der Waals surface area contributed by atoms with Crippen molar-refractivity contribution in [3.05, 3.63) is 72.1 Å². The Morgan fingerprint density at radius 3 is 2.24 bits per heavy atom. The van der Waals surface area contributed by atoms with Gasteiger partial charge in [-0.05, 0) is 68.5 Å². The molecule has 0 radical (unpaired) electrons. The number of aliphatic imine (C=N–C) groups is 1. The minimum Gasteiger partial charge on any atom is -0.457 e. The highest BCUT2D eigenvalue weighted by Crippen LogP contribution is 2.22. The normalized spacial score (nSPS) is 14.0. The molecule has 1 aromatic heterocycles. The Hall–Kier alpha value is -3.56. The standard InChI is InChI=1S/C24H26N6O2S/c1-17-16-18(2)26-22(25-17)28-23(30-12-14-31-15-13-30)29-24(33)27-19-8-10-21(11-9-19)32-20-6-4-3-5-7-20/h3-11,16H,12-15H2,1-2H3,(H2,25,26,27,28,29,33). The Balaban J connectivity index is 1.46. The van der Waals surface area contributed by atoms with Crippen LogP contribution in [0.2, 0.25) is 0 Å². The van der Waals surface area contributed by atoms with E-state index in [1.807, 2.05) is 74.5 Å². The van der Waals surface area contributed by atoms with Crippen LogP contribution < -0.4 is 15.4 Å². The molecule has 2 aromatic carbocycles. The lowest BCUT2D eigenvalue weighted by atomic mass is 10.3. The van der Waals surface area contributed by atoms with Crippen molar-refractivity contribution in [2.45, 2.75) is 13.8 Å². The van der Waals surface area contributed by atoms with Crippen LogP contribution in [0.4, 0.5) is 11.6 Å². The number of aryl methyl sites for hydroxylation is 2. The van der Waals surface area contributed by atoms with Gasteiger partial charge in [-0.25, -0.2) is 9.97 Å². The third-order valence-corrected chi connectivity index (χ3v) is 5.00. The van der Waals surface area contributed by atoms with Crippen molar-refractivity contribution < 1.29 is 9.47 Å². The Morgan fingerprint density at radius 2 is 1.58 bits per heavy atom. The molecule has 0 aliphatic carbocycles. The first-order valence-electron chi connectivity index (χ1n) is 10.7. The molecule has 0 atom stereocenters. The van der Waals surface area contributed by atoms with E-state index >= 15 is 0 Å². The van der Waals surface area contributed by atoms with E-state index in [1.54, 1.807) is 0 Å². The summed E-state index contributed by atoms with van der Waals surface area (Å²) in [6, 6.07) is 19.1. The second-order valence-electron chi connectivity index (χ2n) is 7.50. The molecule has 0 spiro atoms. The van der Waals surface area contributed by atoms with E-state index < -0.39 is 0 Å².